The Morgan fingerprint density at radius 3 is 2.56 bits per heavy atom. The van der Waals surface area contributed by atoms with Crippen molar-refractivity contribution in [3.63, 3.8) is 0 Å². The average Bonchev–Trinajstić information content (AvgIpc) is 3.46. The smallest absolute Gasteiger partial charge is 0.312 e. The second-order valence-corrected chi connectivity index (χ2v) is 8.78. The van der Waals surface area contributed by atoms with Crippen LogP contribution in [0.3, 0.4) is 0 Å². The highest BCUT2D eigenvalue weighted by Crippen LogP contribution is 2.43. The van der Waals surface area contributed by atoms with Gasteiger partial charge in [-0.05, 0) is 36.6 Å². The number of ether oxygens (including phenoxy) is 1. The molecule has 1 saturated heterocycles. The van der Waals surface area contributed by atoms with Crippen molar-refractivity contribution >= 4 is 46.2 Å². The lowest BCUT2D eigenvalue weighted by Gasteiger charge is -2.27. The van der Waals surface area contributed by atoms with Gasteiger partial charge in [-0.25, -0.2) is 0 Å². The zero-order chi connectivity index (χ0) is 24.2. The summed E-state index contributed by atoms with van der Waals surface area (Å²) >= 11 is 1.43. The van der Waals surface area contributed by atoms with E-state index in [0.717, 1.165) is 10.4 Å². The Balaban J connectivity index is 1.49. The molecule has 3 aromatic rings. The van der Waals surface area contributed by atoms with Gasteiger partial charge in [0.25, 0.3) is 11.6 Å². The number of hydrogen-bond donors (Lipinski definition) is 1. The highest BCUT2D eigenvalue weighted by Gasteiger charge is 2.46. The van der Waals surface area contributed by atoms with E-state index in [1.807, 2.05) is 48.7 Å². The predicted octanol–water partition coefficient (Wildman–Crippen LogP) is 4.24. The minimum Gasteiger partial charge on any atom is -0.455 e. The van der Waals surface area contributed by atoms with Crippen molar-refractivity contribution in [2.75, 3.05) is 16.8 Å². The van der Waals surface area contributed by atoms with E-state index in [4.69, 9.17) is 4.74 Å². The molecule has 2 atom stereocenters. The lowest BCUT2D eigenvalue weighted by Crippen LogP contribution is -2.31. The molecule has 0 unspecified atom stereocenters. The van der Waals surface area contributed by atoms with Gasteiger partial charge in [0.05, 0.1) is 16.9 Å². The van der Waals surface area contributed by atoms with Crippen LogP contribution >= 0.6 is 11.3 Å². The van der Waals surface area contributed by atoms with Crippen molar-refractivity contribution in [1.82, 2.24) is 0 Å². The van der Waals surface area contributed by atoms with Crippen LogP contribution in [0.2, 0.25) is 0 Å². The third kappa shape index (κ3) is 4.81. The van der Waals surface area contributed by atoms with Crippen LogP contribution in [0.25, 0.3) is 0 Å². The first-order chi connectivity index (χ1) is 16.3. The fourth-order valence-electron chi connectivity index (χ4n) is 3.91. The van der Waals surface area contributed by atoms with Crippen LogP contribution in [-0.2, 0) is 19.1 Å². The molecule has 1 N–H and O–H groups in total. The summed E-state index contributed by atoms with van der Waals surface area (Å²) in [6.07, 6.45) is -0.0545. The van der Waals surface area contributed by atoms with Crippen molar-refractivity contribution in [3.8, 4) is 0 Å². The fourth-order valence-corrected chi connectivity index (χ4v) is 4.79. The number of carbonyl (C=O) groups is 3. The molecule has 174 valence electrons. The summed E-state index contributed by atoms with van der Waals surface area (Å²) in [5.41, 5.74) is 1.46. The molecule has 2 amide bonds. The maximum atomic E-state index is 13.0. The number of hydrogen-bond acceptors (Lipinski definition) is 7. The molecule has 0 radical (unpaired) electrons. The van der Waals surface area contributed by atoms with Gasteiger partial charge in [-0.1, -0.05) is 35.9 Å². The first-order valence-electron chi connectivity index (χ1n) is 10.5. The number of aryl methyl sites for hydroxylation is 1. The van der Waals surface area contributed by atoms with Crippen LogP contribution in [0.1, 0.15) is 22.9 Å². The minimum absolute atomic E-state index is 0.00611. The van der Waals surface area contributed by atoms with Crippen molar-refractivity contribution < 1.29 is 24.0 Å². The van der Waals surface area contributed by atoms with Crippen molar-refractivity contribution in [1.29, 1.82) is 0 Å². The van der Waals surface area contributed by atoms with E-state index in [1.165, 1.54) is 29.5 Å². The summed E-state index contributed by atoms with van der Waals surface area (Å²) in [5, 5.41) is 15.4. The van der Waals surface area contributed by atoms with Crippen LogP contribution in [0.4, 0.5) is 17.1 Å². The number of esters is 1. The van der Waals surface area contributed by atoms with Gasteiger partial charge in [-0.15, -0.1) is 11.3 Å². The monoisotopic (exact) mass is 479 g/mol. The zero-order valence-corrected chi connectivity index (χ0v) is 19.0. The first-order valence-corrected chi connectivity index (χ1v) is 11.3. The molecule has 10 heteroatoms. The molecule has 1 fully saturated rings. The molecular weight excluding hydrogens is 458 g/mol. The highest BCUT2D eigenvalue weighted by atomic mass is 32.1. The van der Waals surface area contributed by atoms with Crippen LogP contribution in [0.15, 0.2) is 66.0 Å². The molecule has 0 spiro atoms. The molecule has 1 aliphatic rings. The Kier molecular flexibility index (Phi) is 6.69. The third-order valence-electron chi connectivity index (χ3n) is 5.49. The van der Waals surface area contributed by atoms with Gasteiger partial charge in [-0.2, -0.15) is 0 Å². The fraction of sp³-hybridized carbons (Fsp3) is 0.208. The van der Waals surface area contributed by atoms with Gasteiger partial charge in [0.1, 0.15) is 5.69 Å². The number of nitrogens with one attached hydrogen (secondary N) is 1. The topological polar surface area (TPSA) is 119 Å². The van der Waals surface area contributed by atoms with E-state index in [1.54, 1.807) is 11.0 Å². The van der Waals surface area contributed by atoms with Gasteiger partial charge >= 0.3 is 5.97 Å². The molecule has 0 saturated carbocycles. The van der Waals surface area contributed by atoms with Gasteiger partial charge < -0.3 is 15.0 Å². The van der Waals surface area contributed by atoms with Gasteiger partial charge in [0.2, 0.25) is 5.91 Å². The number of anilines is 2. The molecule has 1 aliphatic heterocycles. The zero-order valence-electron chi connectivity index (χ0n) is 18.2. The van der Waals surface area contributed by atoms with Crippen molar-refractivity contribution in [2.45, 2.75) is 19.4 Å². The summed E-state index contributed by atoms with van der Waals surface area (Å²) in [5.74, 6) is -2.41. The number of thiophene rings is 1. The number of nitro groups is 1. The van der Waals surface area contributed by atoms with Crippen LogP contribution < -0.4 is 10.2 Å². The molecule has 1 aromatic heterocycles. The standard InChI is InChI=1S/C24H21N3O6S/c1-15-8-10-16(11-9-15)26-22(29)13-17(23(26)20-7-4-12-34-20)24(30)33-14-21(28)25-18-5-2-3-6-19(18)27(31)32/h2-12,17,23H,13-14H2,1H3,(H,25,28)/t17-,23-/m0/s1. The van der Waals surface area contributed by atoms with Crippen LogP contribution in [0.5, 0.6) is 0 Å². The second-order valence-electron chi connectivity index (χ2n) is 7.80. The summed E-state index contributed by atoms with van der Waals surface area (Å²) in [6, 6.07) is 16.3. The van der Waals surface area contributed by atoms with Crippen LogP contribution in [-0.4, -0.2) is 29.3 Å². The van der Waals surface area contributed by atoms with Gasteiger partial charge in [0.15, 0.2) is 6.61 Å². The quantitative estimate of drug-likeness (QED) is 0.308. The van der Waals surface area contributed by atoms with E-state index < -0.39 is 35.4 Å². The number of nitrogens with zero attached hydrogens (tertiary/aromatic N) is 2. The average molecular weight is 480 g/mol. The van der Waals surface area contributed by atoms with Gasteiger partial charge in [-0.3, -0.25) is 24.5 Å². The largest absolute Gasteiger partial charge is 0.455 e. The Bertz CT molecular complexity index is 1230. The summed E-state index contributed by atoms with van der Waals surface area (Å²) in [7, 11) is 0. The minimum atomic E-state index is -0.800. The van der Waals surface area contributed by atoms with E-state index in [-0.39, 0.29) is 23.7 Å². The number of carbonyl (C=O) groups excluding carboxylic acids is 3. The number of nitro benzene ring substituents is 1. The second kappa shape index (κ2) is 9.84. The molecule has 2 aromatic carbocycles. The lowest BCUT2D eigenvalue weighted by molar-refractivity contribution is -0.383. The Morgan fingerprint density at radius 2 is 1.88 bits per heavy atom. The Morgan fingerprint density at radius 1 is 1.15 bits per heavy atom. The number of benzene rings is 2. The Hall–Kier alpha value is -4.05. The molecule has 4 rings (SSSR count). The lowest BCUT2D eigenvalue weighted by atomic mass is 9.99. The molecule has 0 bridgehead atoms. The van der Waals surface area contributed by atoms with E-state index in [2.05, 4.69) is 5.32 Å². The normalized spacial score (nSPS) is 17.4. The SMILES string of the molecule is Cc1ccc(N2C(=O)C[C@H](C(=O)OCC(=O)Nc3ccccc3[N+](=O)[O-])[C@H]2c2cccs2)cc1. The predicted molar refractivity (Wildman–Crippen MR) is 127 cm³/mol. The summed E-state index contributed by atoms with van der Waals surface area (Å²) in [4.78, 5) is 51.2. The highest BCUT2D eigenvalue weighted by molar-refractivity contribution is 7.10. The summed E-state index contributed by atoms with van der Waals surface area (Å²) in [6.45, 7) is 1.32. The van der Waals surface area contributed by atoms with E-state index in [0.29, 0.717) is 5.69 Å². The maximum absolute atomic E-state index is 13.0. The molecule has 9 nitrogen and oxygen atoms in total. The summed E-state index contributed by atoms with van der Waals surface area (Å²) < 4.78 is 5.25. The molecular formula is C24H21N3O6S. The molecule has 0 aliphatic carbocycles. The van der Waals surface area contributed by atoms with E-state index in [9.17, 15) is 24.5 Å². The molecule has 34 heavy (non-hydrogen) atoms. The number of para-hydroxylation sites is 2. The third-order valence-corrected chi connectivity index (χ3v) is 6.44. The molecule has 2 heterocycles. The van der Waals surface area contributed by atoms with E-state index >= 15 is 0 Å². The Labute approximate surface area is 199 Å². The van der Waals surface area contributed by atoms with Crippen LogP contribution in [0, 0.1) is 23.0 Å². The van der Waals surface area contributed by atoms with Gasteiger partial charge in [0, 0.05) is 23.1 Å². The number of rotatable bonds is 7. The van der Waals surface area contributed by atoms with Crippen molar-refractivity contribution in [3.05, 3.63) is 86.6 Å². The maximum Gasteiger partial charge on any atom is 0.312 e. The first kappa shape index (κ1) is 23.1. The number of amides is 2. The van der Waals surface area contributed by atoms with Crippen molar-refractivity contribution in [2.24, 2.45) is 5.92 Å².